The van der Waals surface area contributed by atoms with E-state index in [-0.39, 0.29) is 12.0 Å². The van der Waals surface area contributed by atoms with Gasteiger partial charge in [0.05, 0.1) is 6.61 Å². The Morgan fingerprint density at radius 3 is 2.93 bits per heavy atom. The summed E-state index contributed by atoms with van der Waals surface area (Å²) in [5, 5.41) is 0. The second-order valence-electron chi connectivity index (χ2n) is 2.82. The van der Waals surface area contributed by atoms with Gasteiger partial charge in [-0.2, -0.15) is 0 Å². The van der Waals surface area contributed by atoms with Crippen molar-refractivity contribution in [2.75, 3.05) is 13.7 Å². The molecule has 1 atom stereocenters. The Balaban J connectivity index is 2.67. The van der Waals surface area contributed by atoms with E-state index in [1.807, 2.05) is 0 Å². The van der Waals surface area contributed by atoms with E-state index in [1.54, 1.807) is 14.0 Å². The number of nitrogens with zero attached hydrogens (tertiary/aromatic N) is 1. The summed E-state index contributed by atoms with van der Waals surface area (Å²) < 4.78 is 23.8. The molecule has 0 aliphatic rings. The van der Waals surface area contributed by atoms with Crippen molar-refractivity contribution in [3.05, 3.63) is 22.6 Å². The van der Waals surface area contributed by atoms with Gasteiger partial charge in [-0.3, -0.25) is 0 Å². The third-order valence-electron chi connectivity index (χ3n) is 1.49. The van der Waals surface area contributed by atoms with E-state index in [1.165, 1.54) is 12.3 Å². The number of ether oxygens (including phenoxy) is 2. The molecule has 3 nitrogen and oxygen atoms in total. The van der Waals surface area contributed by atoms with Crippen molar-refractivity contribution in [3.8, 4) is 5.88 Å². The molecule has 5 heteroatoms. The molecular weight excluding hydrogens is 253 g/mol. The third kappa shape index (κ3) is 3.23. The van der Waals surface area contributed by atoms with Crippen LogP contribution in [-0.2, 0) is 4.74 Å². The van der Waals surface area contributed by atoms with Gasteiger partial charge in [0.2, 0.25) is 0 Å². The molecule has 78 valence electrons. The van der Waals surface area contributed by atoms with E-state index in [0.29, 0.717) is 11.1 Å². The molecule has 0 bridgehead atoms. The van der Waals surface area contributed by atoms with Crippen molar-refractivity contribution < 1.29 is 13.9 Å². The molecule has 1 aromatic rings. The molecule has 0 fully saturated rings. The molecule has 1 unspecified atom stereocenters. The number of halogens is 2. The van der Waals surface area contributed by atoms with Gasteiger partial charge in [0.15, 0.2) is 5.82 Å². The third-order valence-corrected chi connectivity index (χ3v) is 1.92. The van der Waals surface area contributed by atoms with Crippen molar-refractivity contribution in [2.45, 2.75) is 13.0 Å². The molecule has 0 radical (unpaired) electrons. The zero-order valence-corrected chi connectivity index (χ0v) is 9.54. The van der Waals surface area contributed by atoms with E-state index >= 15 is 0 Å². The topological polar surface area (TPSA) is 31.4 Å². The van der Waals surface area contributed by atoms with Gasteiger partial charge in [-0.1, -0.05) is 0 Å². The van der Waals surface area contributed by atoms with Gasteiger partial charge in [-0.25, -0.2) is 9.37 Å². The first-order valence-electron chi connectivity index (χ1n) is 4.10. The van der Waals surface area contributed by atoms with Crippen LogP contribution >= 0.6 is 15.9 Å². The van der Waals surface area contributed by atoms with Crippen LogP contribution in [0.15, 0.2) is 16.7 Å². The number of rotatable bonds is 4. The molecule has 0 amide bonds. The smallest absolute Gasteiger partial charge is 0.250 e. The minimum Gasteiger partial charge on any atom is -0.470 e. The lowest BCUT2D eigenvalue weighted by Gasteiger charge is -2.12. The molecule has 0 saturated carbocycles. The quantitative estimate of drug-likeness (QED) is 0.836. The normalized spacial score (nSPS) is 12.6. The second-order valence-corrected chi connectivity index (χ2v) is 3.74. The zero-order valence-electron chi connectivity index (χ0n) is 7.96. The lowest BCUT2D eigenvalue weighted by atomic mass is 10.4. The molecule has 0 aliphatic carbocycles. The number of aromatic nitrogens is 1. The SMILES string of the molecule is COCC(C)Oc1ncc(Br)cc1F. The van der Waals surface area contributed by atoms with Crippen LogP contribution in [-0.4, -0.2) is 24.8 Å². The lowest BCUT2D eigenvalue weighted by molar-refractivity contribution is 0.0858. The summed E-state index contributed by atoms with van der Waals surface area (Å²) in [6.45, 7) is 2.18. The first-order chi connectivity index (χ1) is 6.63. The number of methoxy groups -OCH3 is 1. The first-order valence-corrected chi connectivity index (χ1v) is 4.89. The molecular formula is C9H11BrFNO2. The molecule has 0 spiro atoms. The summed E-state index contributed by atoms with van der Waals surface area (Å²) in [5.41, 5.74) is 0. The highest BCUT2D eigenvalue weighted by Crippen LogP contribution is 2.18. The van der Waals surface area contributed by atoms with E-state index < -0.39 is 5.82 Å². The molecule has 0 aliphatic heterocycles. The summed E-state index contributed by atoms with van der Waals surface area (Å²) in [6, 6.07) is 1.31. The van der Waals surface area contributed by atoms with Crippen molar-refractivity contribution in [1.82, 2.24) is 4.98 Å². The monoisotopic (exact) mass is 263 g/mol. The van der Waals surface area contributed by atoms with Crippen molar-refractivity contribution in [1.29, 1.82) is 0 Å². The minimum absolute atomic E-state index is 0.00208. The molecule has 1 rings (SSSR count). The Labute approximate surface area is 90.4 Å². The number of hydrogen-bond donors (Lipinski definition) is 0. The summed E-state index contributed by atoms with van der Waals surface area (Å²) in [7, 11) is 1.56. The van der Waals surface area contributed by atoms with Gasteiger partial charge < -0.3 is 9.47 Å². The van der Waals surface area contributed by atoms with Crippen LogP contribution in [0.25, 0.3) is 0 Å². The van der Waals surface area contributed by atoms with Crippen LogP contribution in [0.5, 0.6) is 5.88 Å². The average molecular weight is 264 g/mol. The Morgan fingerprint density at radius 1 is 1.64 bits per heavy atom. The van der Waals surface area contributed by atoms with Gasteiger partial charge in [0, 0.05) is 17.8 Å². The van der Waals surface area contributed by atoms with E-state index in [4.69, 9.17) is 9.47 Å². The maximum Gasteiger partial charge on any atom is 0.250 e. The maximum atomic E-state index is 13.2. The highest BCUT2D eigenvalue weighted by molar-refractivity contribution is 9.10. The molecule has 1 aromatic heterocycles. The van der Waals surface area contributed by atoms with Crippen LogP contribution in [0.2, 0.25) is 0 Å². The zero-order chi connectivity index (χ0) is 10.6. The highest BCUT2D eigenvalue weighted by atomic mass is 79.9. The Kier molecular flexibility index (Phi) is 4.28. The summed E-state index contributed by atoms with van der Waals surface area (Å²) in [5.74, 6) is -0.486. The fraction of sp³-hybridized carbons (Fsp3) is 0.444. The van der Waals surface area contributed by atoms with E-state index in [9.17, 15) is 4.39 Å². The van der Waals surface area contributed by atoms with Crippen molar-refractivity contribution in [3.63, 3.8) is 0 Å². The molecule has 14 heavy (non-hydrogen) atoms. The maximum absolute atomic E-state index is 13.2. The summed E-state index contributed by atoms with van der Waals surface area (Å²) in [4.78, 5) is 3.80. The number of hydrogen-bond acceptors (Lipinski definition) is 3. The standard InChI is InChI=1S/C9H11BrFNO2/c1-6(5-13-2)14-9-8(11)3-7(10)4-12-9/h3-4,6H,5H2,1-2H3. The summed E-state index contributed by atoms with van der Waals surface area (Å²) in [6.07, 6.45) is 1.26. The largest absolute Gasteiger partial charge is 0.470 e. The minimum atomic E-state index is -0.484. The second kappa shape index (κ2) is 5.26. The van der Waals surface area contributed by atoms with Gasteiger partial charge in [0.25, 0.3) is 5.88 Å². The molecule has 1 heterocycles. The van der Waals surface area contributed by atoms with Gasteiger partial charge in [0.1, 0.15) is 6.10 Å². The van der Waals surface area contributed by atoms with Crippen LogP contribution < -0.4 is 4.74 Å². The van der Waals surface area contributed by atoms with Crippen molar-refractivity contribution >= 4 is 15.9 Å². The van der Waals surface area contributed by atoms with Crippen LogP contribution in [0.1, 0.15) is 6.92 Å². The Morgan fingerprint density at radius 2 is 2.36 bits per heavy atom. The van der Waals surface area contributed by atoms with Gasteiger partial charge in [-0.05, 0) is 28.9 Å². The van der Waals surface area contributed by atoms with E-state index in [0.717, 1.165) is 0 Å². The highest BCUT2D eigenvalue weighted by Gasteiger charge is 2.09. The fourth-order valence-electron chi connectivity index (χ4n) is 0.948. The Bertz CT molecular complexity index is 309. The molecule has 0 N–H and O–H groups in total. The van der Waals surface area contributed by atoms with Gasteiger partial charge >= 0.3 is 0 Å². The number of pyridine rings is 1. The average Bonchev–Trinajstić information content (AvgIpc) is 2.10. The van der Waals surface area contributed by atoms with Crippen LogP contribution in [0.4, 0.5) is 4.39 Å². The molecule has 0 saturated heterocycles. The van der Waals surface area contributed by atoms with Crippen LogP contribution in [0.3, 0.4) is 0 Å². The summed E-state index contributed by atoms with van der Waals surface area (Å²) >= 11 is 3.11. The predicted molar refractivity (Wildman–Crippen MR) is 53.9 cm³/mol. The first kappa shape index (κ1) is 11.4. The molecule has 0 aromatic carbocycles. The fourth-order valence-corrected chi connectivity index (χ4v) is 1.25. The van der Waals surface area contributed by atoms with Gasteiger partial charge in [-0.15, -0.1) is 0 Å². The van der Waals surface area contributed by atoms with Crippen LogP contribution in [0, 0.1) is 5.82 Å². The van der Waals surface area contributed by atoms with E-state index in [2.05, 4.69) is 20.9 Å². The predicted octanol–water partition coefficient (Wildman–Crippen LogP) is 2.40. The van der Waals surface area contributed by atoms with Crippen molar-refractivity contribution in [2.24, 2.45) is 0 Å². The Hall–Kier alpha value is -0.680. The lowest BCUT2D eigenvalue weighted by Crippen LogP contribution is -2.19.